The summed E-state index contributed by atoms with van der Waals surface area (Å²) >= 11 is 3.42. The van der Waals surface area contributed by atoms with Crippen molar-refractivity contribution in [1.82, 2.24) is 4.98 Å². The number of benzene rings is 2. The lowest BCUT2D eigenvalue weighted by molar-refractivity contribution is 0.276. The molecule has 21 heavy (non-hydrogen) atoms. The highest BCUT2D eigenvalue weighted by molar-refractivity contribution is 9.10. The van der Waals surface area contributed by atoms with Gasteiger partial charge in [0.25, 0.3) is 0 Å². The predicted molar refractivity (Wildman–Crippen MR) is 89.3 cm³/mol. The van der Waals surface area contributed by atoms with Crippen LogP contribution in [0.3, 0.4) is 0 Å². The number of fused-ring (bicyclic) bond motifs is 1. The average molecular weight is 343 g/mol. The number of nitrogens with zero attached hydrogens (tertiary/aromatic N) is 1. The van der Waals surface area contributed by atoms with E-state index in [1.807, 2.05) is 48.5 Å². The third kappa shape index (κ3) is 3.23. The Hall–Kier alpha value is -1.91. The van der Waals surface area contributed by atoms with Gasteiger partial charge in [-0.05, 0) is 48.0 Å². The molecule has 3 nitrogen and oxygen atoms in total. The number of aromatic nitrogens is 1. The Kier molecular flexibility index (Phi) is 4.18. The zero-order chi connectivity index (χ0) is 14.7. The van der Waals surface area contributed by atoms with Gasteiger partial charge in [0.15, 0.2) is 0 Å². The molecule has 0 aliphatic rings. The summed E-state index contributed by atoms with van der Waals surface area (Å²) in [6.45, 7) is 0.0296. The molecule has 0 bridgehead atoms. The van der Waals surface area contributed by atoms with Crippen molar-refractivity contribution >= 4 is 32.5 Å². The molecule has 3 aromatic rings. The fourth-order valence-corrected chi connectivity index (χ4v) is 2.56. The van der Waals surface area contributed by atoms with Crippen molar-refractivity contribution in [2.45, 2.75) is 6.04 Å². The first-order valence-electron chi connectivity index (χ1n) is 6.74. The van der Waals surface area contributed by atoms with Crippen LogP contribution in [0.1, 0.15) is 11.6 Å². The third-order valence-electron chi connectivity index (χ3n) is 3.40. The van der Waals surface area contributed by atoms with E-state index in [-0.39, 0.29) is 12.6 Å². The van der Waals surface area contributed by atoms with Gasteiger partial charge in [-0.2, -0.15) is 0 Å². The molecular weight excluding hydrogens is 328 g/mol. The van der Waals surface area contributed by atoms with Gasteiger partial charge in [0, 0.05) is 21.7 Å². The van der Waals surface area contributed by atoms with Crippen molar-refractivity contribution in [2.75, 3.05) is 11.9 Å². The normalized spacial score (nSPS) is 12.3. The second kappa shape index (κ2) is 6.24. The summed E-state index contributed by atoms with van der Waals surface area (Å²) in [5.74, 6) is 0. The third-order valence-corrected chi connectivity index (χ3v) is 3.93. The highest BCUT2D eigenvalue weighted by Gasteiger charge is 2.11. The largest absolute Gasteiger partial charge is 0.394 e. The molecule has 4 heteroatoms. The first-order valence-corrected chi connectivity index (χ1v) is 7.53. The van der Waals surface area contributed by atoms with Gasteiger partial charge in [-0.25, -0.2) is 0 Å². The molecule has 1 unspecified atom stereocenters. The van der Waals surface area contributed by atoms with Gasteiger partial charge >= 0.3 is 0 Å². The Morgan fingerprint density at radius 3 is 2.67 bits per heavy atom. The van der Waals surface area contributed by atoms with Crippen LogP contribution in [0.4, 0.5) is 5.69 Å². The summed E-state index contributed by atoms with van der Waals surface area (Å²) in [7, 11) is 0. The second-order valence-corrected chi connectivity index (χ2v) is 5.76. The molecule has 0 aliphatic heterocycles. The van der Waals surface area contributed by atoms with Gasteiger partial charge in [-0.1, -0.05) is 28.1 Å². The first-order chi connectivity index (χ1) is 10.3. The fourth-order valence-electron chi connectivity index (χ4n) is 2.29. The van der Waals surface area contributed by atoms with E-state index >= 15 is 0 Å². The molecule has 2 N–H and O–H groups in total. The van der Waals surface area contributed by atoms with Crippen molar-refractivity contribution in [2.24, 2.45) is 0 Å². The molecule has 1 aromatic heterocycles. The van der Waals surface area contributed by atoms with Crippen LogP contribution in [0.25, 0.3) is 10.9 Å². The number of aliphatic hydroxyl groups is 1. The molecule has 0 amide bonds. The van der Waals surface area contributed by atoms with Crippen LogP contribution >= 0.6 is 15.9 Å². The van der Waals surface area contributed by atoms with E-state index in [9.17, 15) is 5.11 Å². The molecule has 1 atom stereocenters. The summed E-state index contributed by atoms with van der Waals surface area (Å²) in [4.78, 5) is 4.31. The first kappa shape index (κ1) is 14.0. The zero-order valence-electron chi connectivity index (χ0n) is 11.3. The maximum absolute atomic E-state index is 9.68. The van der Waals surface area contributed by atoms with Gasteiger partial charge in [0.2, 0.25) is 0 Å². The summed E-state index contributed by atoms with van der Waals surface area (Å²) in [6, 6.07) is 17.8. The number of aliphatic hydroxyl groups excluding tert-OH is 1. The minimum Gasteiger partial charge on any atom is -0.394 e. The Labute approximate surface area is 131 Å². The second-order valence-electron chi connectivity index (χ2n) is 4.84. The van der Waals surface area contributed by atoms with Crippen LogP contribution in [0, 0.1) is 0 Å². The van der Waals surface area contributed by atoms with E-state index in [4.69, 9.17) is 0 Å². The molecule has 0 saturated heterocycles. The average Bonchev–Trinajstić information content (AvgIpc) is 2.54. The van der Waals surface area contributed by atoms with Gasteiger partial charge in [0.05, 0.1) is 18.2 Å². The quantitative estimate of drug-likeness (QED) is 0.748. The standard InChI is InChI=1S/C17H15BrN2O/c18-14-4-6-15(7-5-14)20-17(11-21)13-3-8-16-12(10-13)2-1-9-19-16/h1-10,17,20-21H,11H2. The molecule has 0 aliphatic carbocycles. The Balaban J connectivity index is 1.88. The van der Waals surface area contributed by atoms with Crippen LogP contribution in [-0.4, -0.2) is 16.7 Å². The van der Waals surface area contributed by atoms with Crippen molar-refractivity contribution in [3.8, 4) is 0 Å². The monoisotopic (exact) mass is 342 g/mol. The summed E-state index contributed by atoms with van der Waals surface area (Å²) in [5.41, 5.74) is 2.98. The molecule has 2 aromatic carbocycles. The number of anilines is 1. The molecule has 0 saturated carbocycles. The highest BCUT2D eigenvalue weighted by Crippen LogP contribution is 2.23. The minimum absolute atomic E-state index is 0.0296. The van der Waals surface area contributed by atoms with Crippen LogP contribution in [0.5, 0.6) is 0 Å². The lowest BCUT2D eigenvalue weighted by atomic mass is 10.0. The van der Waals surface area contributed by atoms with Gasteiger partial charge in [0.1, 0.15) is 0 Å². The van der Waals surface area contributed by atoms with Crippen LogP contribution in [-0.2, 0) is 0 Å². The van der Waals surface area contributed by atoms with Crippen LogP contribution in [0.15, 0.2) is 65.3 Å². The molecule has 0 radical (unpaired) electrons. The zero-order valence-corrected chi connectivity index (χ0v) is 12.9. The minimum atomic E-state index is -0.143. The number of hydrogen-bond donors (Lipinski definition) is 2. The van der Waals surface area contributed by atoms with E-state index in [1.165, 1.54) is 0 Å². The molecule has 3 rings (SSSR count). The maximum atomic E-state index is 9.68. The molecular formula is C17H15BrN2O. The molecule has 0 fully saturated rings. The number of pyridine rings is 1. The summed E-state index contributed by atoms with van der Waals surface area (Å²) in [6.07, 6.45) is 1.78. The lowest BCUT2D eigenvalue weighted by Crippen LogP contribution is -2.14. The highest BCUT2D eigenvalue weighted by atomic mass is 79.9. The predicted octanol–water partition coefficient (Wildman–Crippen LogP) is 4.14. The Bertz CT molecular complexity index is 743. The van der Waals surface area contributed by atoms with Gasteiger partial charge in [-0.15, -0.1) is 0 Å². The van der Waals surface area contributed by atoms with Crippen molar-refractivity contribution in [3.05, 3.63) is 70.8 Å². The van der Waals surface area contributed by atoms with Gasteiger partial charge < -0.3 is 10.4 Å². The summed E-state index contributed by atoms with van der Waals surface area (Å²) in [5, 5.41) is 14.1. The van der Waals surface area contributed by atoms with Crippen LogP contribution < -0.4 is 5.32 Å². The van der Waals surface area contributed by atoms with Crippen molar-refractivity contribution < 1.29 is 5.11 Å². The van der Waals surface area contributed by atoms with E-state index in [0.29, 0.717) is 0 Å². The summed E-state index contributed by atoms with van der Waals surface area (Å²) < 4.78 is 1.03. The SMILES string of the molecule is OCC(Nc1ccc(Br)cc1)c1ccc2ncccc2c1. The van der Waals surface area contributed by atoms with E-state index in [2.05, 4.69) is 32.3 Å². The number of hydrogen-bond acceptors (Lipinski definition) is 3. The number of halogens is 1. The Morgan fingerprint density at radius 2 is 1.90 bits per heavy atom. The smallest absolute Gasteiger partial charge is 0.0745 e. The van der Waals surface area contributed by atoms with Crippen molar-refractivity contribution in [3.63, 3.8) is 0 Å². The van der Waals surface area contributed by atoms with Crippen molar-refractivity contribution in [1.29, 1.82) is 0 Å². The topological polar surface area (TPSA) is 45.1 Å². The number of nitrogens with one attached hydrogen (secondary N) is 1. The van der Waals surface area contributed by atoms with Gasteiger partial charge in [-0.3, -0.25) is 4.98 Å². The Morgan fingerprint density at radius 1 is 1.10 bits per heavy atom. The molecule has 0 spiro atoms. The van der Waals surface area contributed by atoms with E-state index in [0.717, 1.165) is 26.6 Å². The fraction of sp³-hybridized carbons (Fsp3) is 0.118. The number of rotatable bonds is 4. The maximum Gasteiger partial charge on any atom is 0.0745 e. The molecule has 106 valence electrons. The lowest BCUT2D eigenvalue weighted by Gasteiger charge is -2.18. The van der Waals surface area contributed by atoms with E-state index < -0.39 is 0 Å². The molecule has 1 heterocycles. The van der Waals surface area contributed by atoms with Crippen LogP contribution in [0.2, 0.25) is 0 Å². The van der Waals surface area contributed by atoms with E-state index in [1.54, 1.807) is 6.20 Å².